The number of esters is 1. The summed E-state index contributed by atoms with van der Waals surface area (Å²) in [6.07, 6.45) is 0.317. The van der Waals surface area contributed by atoms with Crippen LogP contribution in [0.1, 0.15) is 16.8 Å². The normalized spacial score (nSPS) is 11.0. The molecule has 0 saturated carbocycles. The van der Waals surface area contributed by atoms with Crippen molar-refractivity contribution in [3.8, 4) is 5.75 Å². The van der Waals surface area contributed by atoms with E-state index in [0.717, 1.165) is 0 Å². The molecule has 7 heteroatoms. The predicted octanol–water partition coefficient (Wildman–Crippen LogP) is 0.531. The largest absolute Gasteiger partial charge is 0.494 e. The van der Waals surface area contributed by atoms with Crippen LogP contribution in [-0.2, 0) is 14.8 Å². The molecule has 0 fully saturated rings. The summed E-state index contributed by atoms with van der Waals surface area (Å²) in [5, 5.41) is 4.85. The molecule has 0 unspecified atom stereocenters. The standard InChI is InChI=1S/C11H15NO5S/c1-16-11(13)9-3-5-10(6-4-9)17-7-2-8-18(12,14)15/h3-6H,2,7-8H2,1H3,(H2,12,14,15). The molecule has 0 spiro atoms. The van der Waals surface area contributed by atoms with E-state index in [0.29, 0.717) is 17.7 Å². The molecule has 18 heavy (non-hydrogen) atoms. The highest BCUT2D eigenvalue weighted by Crippen LogP contribution is 2.13. The van der Waals surface area contributed by atoms with Crippen molar-refractivity contribution in [3.05, 3.63) is 29.8 Å². The SMILES string of the molecule is COC(=O)c1ccc(OCCCS(N)(=O)=O)cc1. The van der Waals surface area contributed by atoms with Gasteiger partial charge in [-0.15, -0.1) is 0 Å². The first kappa shape index (κ1) is 14.5. The lowest BCUT2D eigenvalue weighted by Gasteiger charge is -2.06. The Morgan fingerprint density at radius 2 is 1.89 bits per heavy atom. The quantitative estimate of drug-likeness (QED) is 0.602. The van der Waals surface area contributed by atoms with Crippen molar-refractivity contribution in [1.82, 2.24) is 0 Å². The second-order valence-corrected chi connectivity index (χ2v) is 5.32. The summed E-state index contributed by atoms with van der Waals surface area (Å²) in [5.74, 6) is 0.0145. The van der Waals surface area contributed by atoms with Crippen LogP contribution in [0.25, 0.3) is 0 Å². The van der Waals surface area contributed by atoms with E-state index < -0.39 is 16.0 Å². The van der Waals surface area contributed by atoms with Crippen molar-refractivity contribution in [2.45, 2.75) is 6.42 Å². The first-order chi connectivity index (χ1) is 8.42. The Bertz CT molecular complexity index is 495. The van der Waals surface area contributed by atoms with Gasteiger partial charge in [-0.1, -0.05) is 0 Å². The van der Waals surface area contributed by atoms with Crippen molar-refractivity contribution in [1.29, 1.82) is 0 Å². The van der Waals surface area contributed by atoms with E-state index in [2.05, 4.69) is 4.74 Å². The molecule has 0 aliphatic carbocycles. The number of ether oxygens (including phenoxy) is 2. The Balaban J connectivity index is 2.42. The lowest BCUT2D eigenvalue weighted by Crippen LogP contribution is -2.18. The summed E-state index contributed by atoms with van der Waals surface area (Å²) in [6, 6.07) is 6.37. The third-order valence-corrected chi connectivity index (χ3v) is 2.98. The minimum Gasteiger partial charge on any atom is -0.494 e. The van der Waals surface area contributed by atoms with Gasteiger partial charge in [0.15, 0.2) is 0 Å². The maximum atomic E-state index is 11.2. The molecule has 0 atom stereocenters. The lowest BCUT2D eigenvalue weighted by molar-refractivity contribution is 0.0600. The van der Waals surface area contributed by atoms with Crippen LogP contribution >= 0.6 is 0 Å². The first-order valence-corrected chi connectivity index (χ1v) is 6.95. The number of rotatable bonds is 6. The third kappa shape index (κ3) is 5.15. The van der Waals surface area contributed by atoms with Gasteiger partial charge in [0.2, 0.25) is 10.0 Å². The maximum Gasteiger partial charge on any atom is 0.337 e. The first-order valence-electron chi connectivity index (χ1n) is 5.24. The highest BCUT2D eigenvalue weighted by atomic mass is 32.2. The zero-order valence-corrected chi connectivity index (χ0v) is 10.8. The van der Waals surface area contributed by atoms with E-state index in [1.165, 1.54) is 7.11 Å². The van der Waals surface area contributed by atoms with Crippen LogP contribution in [-0.4, -0.2) is 33.9 Å². The maximum absolute atomic E-state index is 11.2. The number of hydrogen-bond donors (Lipinski definition) is 1. The molecule has 0 bridgehead atoms. The molecule has 1 aromatic carbocycles. The molecule has 1 aromatic rings. The molecular weight excluding hydrogens is 258 g/mol. The Hall–Kier alpha value is -1.60. The lowest BCUT2D eigenvalue weighted by atomic mass is 10.2. The van der Waals surface area contributed by atoms with Crippen LogP contribution in [0.15, 0.2) is 24.3 Å². The van der Waals surface area contributed by atoms with Crippen molar-refractivity contribution in [3.63, 3.8) is 0 Å². The number of carbonyl (C=O) groups is 1. The van der Waals surface area contributed by atoms with E-state index in [1.807, 2.05) is 0 Å². The van der Waals surface area contributed by atoms with Gasteiger partial charge >= 0.3 is 5.97 Å². The van der Waals surface area contributed by atoms with Crippen molar-refractivity contribution < 1.29 is 22.7 Å². The second-order valence-electron chi connectivity index (χ2n) is 3.58. The molecule has 6 nitrogen and oxygen atoms in total. The molecule has 0 aliphatic heterocycles. The number of methoxy groups -OCH3 is 1. The van der Waals surface area contributed by atoms with Crippen molar-refractivity contribution in [2.75, 3.05) is 19.5 Å². The highest BCUT2D eigenvalue weighted by molar-refractivity contribution is 7.89. The molecule has 0 amide bonds. The van der Waals surface area contributed by atoms with Crippen LogP contribution in [0.3, 0.4) is 0 Å². The van der Waals surface area contributed by atoms with Crippen LogP contribution in [0, 0.1) is 0 Å². The summed E-state index contributed by atoms with van der Waals surface area (Å²) in [7, 11) is -2.14. The van der Waals surface area contributed by atoms with E-state index in [4.69, 9.17) is 9.88 Å². The van der Waals surface area contributed by atoms with Gasteiger partial charge < -0.3 is 9.47 Å². The molecule has 2 N–H and O–H groups in total. The average Bonchev–Trinajstić information content (AvgIpc) is 2.33. The number of primary sulfonamides is 1. The monoisotopic (exact) mass is 273 g/mol. The van der Waals surface area contributed by atoms with Gasteiger partial charge in [0.1, 0.15) is 5.75 Å². The number of sulfonamides is 1. The molecule has 0 aliphatic rings. The summed E-state index contributed by atoms with van der Waals surface area (Å²) in [6.45, 7) is 0.244. The number of hydrogen-bond acceptors (Lipinski definition) is 5. The second kappa shape index (κ2) is 6.36. The van der Waals surface area contributed by atoms with Crippen LogP contribution in [0.4, 0.5) is 0 Å². The summed E-state index contributed by atoms with van der Waals surface area (Å²) < 4.78 is 31.2. The van der Waals surface area contributed by atoms with Gasteiger partial charge in [-0.25, -0.2) is 18.4 Å². The molecule has 1 rings (SSSR count). The molecule has 100 valence electrons. The van der Waals surface area contributed by atoms with Gasteiger partial charge in [0, 0.05) is 0 Å². The third-order valence-electron chi connectivity index (χ3n) is 2.12. The fraction of sp³-hybridized carbons (Fsp3) is 0.364. The summed E-state index contributed by atoms with van der Waals surface area (Å²) in [5.41, 5.74) is 0.425. The Labute approximate surface area is 106 Å². The highest BCUT2D eigenvalue weighted by Gasteiger charge is 2.05. The van der Waals surface area contributed by atoms with Gasteiger partial charge in [-0.2, -0.15) is 0 Å². The van der Waals surface area contributed by atoms with E-state index in [-0.39, 0.29) is 12.4 Å². The fourth-order valence-corrected chi connectivity index (χ4v) is 1.78. The average molecular weight is 273 g/mol. The predicted molar refractivity (Wildman–Crippen MR) is 65.9 cm³/mol. The molecule has 0 saturated heterocycles. The van der Waals surface area contributed by atoms with Gasteiger partial charge in [0.05, 0.1) is 25.0 Å². The van der Waals surface area contributed by atoms with Crippen molar-refractivity contribution >= 4 is 16.0 Å². The molecule has 0 aromatic heterocycles. The Morgan fingerprint density at radius 3 is 2.39 bits per heavy atom. The van der Waals surface area contributed by atoms with E-state index >= 15 is 0 Å². The zero-order chi connectivity index (χ0) is 13.6. The smallest absolute Gasteiger partial charge is 0.337 e. The zero-order valence-electron chi connectivity index (χ0n) is 9.96. The summed E-state index contributed by atoms with van der Waals surface area (Å²) >= 11 is 0. The Morgan fingerprint density at radius 1 is 1.28 bits per heavy atom. The molecule has 0 heterocycles. The van der Waals surface area contributed by atoms with Crippen molar-refractivity contribution in [2.24, 2.45) is 5.14 Å². The summed E-state index contributed by atoms with van der Waals surface area (Å²) in [4.78, 5) is 11.2. The fourth-order valence-electron chi connectivity index (χ4n) is 1.26. The number of nitrogens with two attached hydrogens (primary N) is 1. The van der Waals surface area contributed by atoms with Gasteiger partial charge in [-0.05, 0) is 30.7 Å². The minimum atomic E-state index is -3.44. The molecular formula is C11H15NO5S. The topological polar surface area (TPSA) is 95.7 Å². The molecule has 0 radical (unpaired) electrons. The van der Waals surface area contributed by atoms with Crippen LogP contribution < -0.4 is 9.88 Å². The van der Waals surface area contributed by atoms with E-state index in [9.17, 15) is 13.2 Å². The van der Waals surface area contributed by atoms with Gasteiger partial charge in [-0.3, -0.25) is 0 Å². The van der Waals surface area contributed by atoms with E-state index in [1.54, 1.807) is 24.3 Å². The van der Waals surface area contributed by atoms with Crippen LogP contribution in [0.5, 0.6) is 5.75 Å². The van der Waals surface area contributed by atoms with Gasteiger partial charge in [0.25, 0.3) is 0 Å². The number of benzene rings is 1. The Kier molecular flexibility index (Phi) is 5.11. The number of carbonyl (C=O) groups excluding carboxylic acids is 1. The minimum absolute atomic E-state index is 0.118. The van der Waals surface area contributed by atoms with Crippen LogP contribution in [0.2, 0.25) is 0 Å².